The number of nitrogens with zero attached hydrogens (tertiary/aromatic N) is 2. The van der Waals surface area contributed by atoms with Crippen molar-refractivity contribution in [1.82, 2.24) is 14.8 Å². The number of H-pyrrole nitrogens is 1. The summed E-state index contributed by atoms with van der Waals surface area (Å²) in [5.74, 6) is 0.491. The number of aromatic amines is 1. The first kappa shape index (κ1) is 19.3. The lowest BCUT2D eigenvalue weighted by atomic mass is 9.96. The molecule has 1 fully saturated rings. The first-order chi connectivity index (χ1) is 13.4. The summed E-state index contributed by atoms with van der Waals surface area (Å²) in [6.45, 7) is 4.74. The molecule has 2 aliphatic heterocycles. The van der Waals surface area contributed by atoms with Gasteiger partial charge >= 0.3 is 5.97 Å². The molecule has 4 rings (SSSR count). The quantitative estimate of drug-likeness (QED) is 0.781. The molecule has 1 aromatic heterocycles. The van der Waals surface area contributed by atoms with Crippen molar-refractivity contribution in [3.05, 3.63) is 35.5 Å². The molecule has 1 saturated heterocycles. The van der Waals surface area contributed by atoms with Gasteiger partial charge in [-0.05, 0) is 50.3 Å². The largest absolute Gasteiger partial charge is 0.467 e. The minimum absolute atomic E-state index is 0.0254. The number of thioether (sulfide) groups is 1. The van der Waals surface area contributed by atoms with Crippen LogP contribution in [0.2, 0.25) is 0 Å². The Bertz CT molecular complexity index is 923. The van der Waals surface area contributed by atoms with Crippen LogP contribution in [0.25, 0.3) is 10.9 Å². The molecule has 28 heavy (non-hydrogen) atoms. The standard InChI is InChI=1S/C21H27N3O3S/c1-21(2)23-12-16-14(13-7-5-6-8-15(13)22-16)11-18(23)19(25)24(21)17(9-10-28-4)20(26)27-3/h5-8,17-18,22H,9-12H2,1-4H3/t17-,18-/m0/s1. The number of aromatic nitrogens is 1. The van der Waals surface area contributed by atoms with Gasteiger partial charge in [-0.1, -0.05) is 18.2 Å². The summed E-state index contributed by atoms with van der Waals surface area (Å²) in [5, 5.41) is 1.19. The number of rotatable bonds is 5. The molecule has 0 saturated carbocycles. The van der Waals surface area contributed by atoms with Crippen LogP contribution < -0.4 is 0 Å². The molecular formula is C21H27N3O3S. The van der Waals surface area contributed by atoms with Crippen LogP contribution in [-0.4, -0.2) is 63.5 Å². The topological polar surface area (TPSA) is 65.6 Å². The van der Waals surface area contributed by atoms with Crippen LogP contribution in [0, 0.1) is 0 Å². The first-order valence-corrected chi connectivity index (χ1v) is 11.0. The maximum atomic E-state index is 13.5. The first-order valence-electron chi connectivity index (χ1n) is 9.65. The normalized spacial score (nSPS) is 22.2. The average molecular weight is 402 g/mol. The Kier molecular flexibility index (Phi) is 4.91. The van der Waals surface area contributed by atoms with E-state index < -0.39 is 11.7 Å². The lowest BCUT2D eigenvalue weighted by Gasteiger charge is -2.42. The highest BCUT2D eigenvalue weighted by Gasteiger charge is 2.56. The Hall–Kier alpha value is -1.99. The number of amides is 1. The van der Waals surface area contributed by atoms with E-state index in [-0.39, 0.29) is 17.9 Å². The predicted molar refractivity (Wildman–Crippen MR) is 111 cm³/mol. The summed E-state index contributed by atoms with van der Waals surface area (Å²) < 4.78 is 5.05. The van der Waals surface area contributed by atoms with E-state index in [0.29, 0.717) is 19.4 Å². The van der Waals surface area contributed by atoms with Crippen molar-refractivity contribution < 1.29 is 14.3 Å². The molecule has 0 spiro atoms. The summed E-state index contributed by atoms with van der Waals surface area (Å²) in [5.41, 5.74) is 2.94. The molecule has 2 aliphatic rings. The zero-order valence-electron chi connectivity index (χ0n) is 16.8. The Morgan fingerprint density at radius 2 is 2.14 bits per heavy atom. The minimum Gasteiger partial charge on any atom is -0.467 e. The summed E-state index contributed by atoms with van der Waals surface area (Å²) in [6, 6.07) is 7.44. The number of nitrogens with one attached hydrogen (secondary N) is 1. The highest BCUT2D eigenvalue weighted by molar-refractivity contribution is 7.98. The molecule has 3 heterocycles. The second-order valence-electron chi connectivity index (χ2n) is 8.00. The number of esters is 1. The number of methoxy groups -OCH3 is 1. The van der Waals surface area contributed by atoms with Crippen LogP contribution in [0.1, 0.15) is 31.5 Å². The third kappa shape index (κ3) is 2.83. The number of hydrogen-bond donors (Lipinski definition) is 1. The zero-order chi connectivity index (χ0) is 20.1. The summed E-state index contributed by atoms with van der Waals surface area (Å²) in [4.78, 5) is 33.6. The molecular weight excluding hydrogens is 374 g/mol. The highest BCUT2D eigenvalue weighted by Crippen LogP contribution is 2.42. The molecule has 0 unspecified atom stereocenters. The van der Waals surface area contributed by atoms with Gasteiger partial charge in [0.1, 0.15) is 6.04 Å². The van der Waals surface area contributed by atoms with Crippen molar-refractivity contribution >= 4 is 34.5 Å². The van der Waals surface area contributed by atoms with Gasteiger partial charge in [-0.25, -0.2) is 4.79 Å². The number of carbonyl (C=O) groups is 2. The highest BCUT2D eigenvalue weighted by atomic mass is 32.2. The number of ether oxygens (including phenoxy) is 1. The van der Waals surface area contributed by atoms with E-state index >= 15 is 0 Å². The molecule has 0 bridgehead atoms. The predicted octanol–water partition coefficient (Wildman–Crippen LogP) is 2.77. The van der Waals surface area contributed by atoms with E-state index in [4.69, 9.17) is 4.74 Å². The third-order valence-corrected chi connectivity index (χ3v) is 6.84. The molecule has 1 amide bonds. The Labute approximate surface area is 169 Å². The van der Waals surface area contributed by atoms with Gasteiger partial charge in [-0.2, -0.15) is 11.8 Å². The van der Waals surface area contributed by atoms with Crippen LogP contribution in [0.3, 0.4) is 0 Å². The van der Waals surface area contributed by atoms with Crippen LogP contribution in [0.15, 0.2) is 24.3 Å². The molecule has 7 heteroatoms. The number of fused-ring (bicyclic) bond motifs is 4. The average Bonchev–Trinajstić information content (AvgIpc) is 3.14. The Balaban J connectivity index is 1.71. The number of para-hydroxylation sites is 1. The van der Waals surface area contributed by atoms with Gasteiger partial charge in [0.2, 0.25) is 5.91 Å². The van der Waals surface area contributed by atoms with E-state index in [2.05, 4.69) is 22.0 Å². The fraction of sp³-hybridized carbons (Fsp3) is 0.524. The van der Waals surface area contributed by atoms with Crippen LogP contribution in [-0.2, 0) is 27.3 Å². The summed E-state index contributed by atoms with van der Waals surface area (Å²) in [7, 11) is 1.40. The fourth-order valence-corrected chi connectivity index (χ4v) is 5.28. The molecule has 1 N–H and O–H groups in total. The number of hydrogen-bond acceptors (Lipinski definition) is 5. The number of carbonyl (C=O) groups excluding carboxylic acids is 2. The zero-order valence-corrected chi connectivity index (χ0v) is 17.6. The monoisotopic (exact) mass is 401 g/mol. The van der Waals surface area contributed by atoms with E-state index in [9.17, 15) is 9.59 Å². The summed E-state index contributed by atoms with van der Waals surface area (Å²) >= 11 is 1.67. The van der Waals surface area contributed by atoms with Gasteiger partial charge in [0.15, 0.2) is 0 Å². The van der Waals surface area contributed by atoms with Gasteiger partial charge in [-0.3, -0.25) is 9.69 Å². The molecule has 150 valence electrons. The Morgan fingerprint density at radius 3 is 2.86 bits per heavy atom. The van der Waals surface area contributed by atoms with Crippen LogP contribution in [0.4, 0.5) is 0 Å². The van der Waals surface area contributed by atoms with Gasteiger partial charge in [-0.15, -0.1) is 0 Å². The SMILES string of the molecule is COC(=O)[C@H](CCSC)N1C(=O)[C@@H]2Cc3c([nH]c4ccccc34)CN2C1(C)C. The van der Waals surface area contributed by atoms with Gasteiger partial charge in [0.05, 0.1) is 18.8 Å². The van der Waals surface area contributed by atoms with Crippen molar-refractivity contribution in [2.24, 2.45) is 0 Å². The van der Waals surface area contributed by atoms with Crippen LogP contribution >= 0.6 is 11.8 Å². The number of benzene rings is 1. The van der Waals surface area contributed by atoms with Crippen molar-refractivity contribution in [3.63, 3.8) is 0 Å². The second-order valence-corrected chi connectivity index (χ2v) is 8.98. The van der Waals surface area contributed by atoms with E-state index in [1.54, 1.807) is 16.7 Å². The Morgan fingerprint density at radius 1 is 1.39 bits per heavy atom. The molecule has 2 aromatic rings. The lowest BCUT2D eigenvalue weighted by Crippen LogP contribution is -2.56. The fourth-order valence-electron chi connectivity index (χ4n) is 4.82. The third-order valence-electron chi connectivity index (χ3n) is 6.20. The van der Waals surface area contributed by atoms with Crippen molar-refractivity contribution in [3.8, 4) is 0 Å². The van der Waals surface area contributed by atoms with Crippen molar-refractivity contribution in [2.45, 2.75) is 51.0 Å². The van der Waals surface area contributed by atoms with Crippen molar-refractivity contribution in [1.29, 1.82) is 0 Å². The van der Waals surface area contributed by atoms with Gasteiger partial charge in [0, 0.05) is 23.1 Å². The molecule has 2 atom stereocenters. The molecule has 0 aliphatic carbocycles. The van der Waals surface area contributed by atoms with E-state index in [0.717, 1.165) is 11.3 Å². The summed E-state index contributed by atoms with van der Waals surface area (Å²) in [6.07, 6.45) is 3.26. The second kappa shape index (κ2) is 7.12. The molecule has 1 aromatic carbocycles. The van der Waals surface area contributed by atoms with Gasteiger partial charge < -0.3 is 14.6 Å². The molecule has 0 radical (unpaired) electrons. The van der Waals surface area contributed by atoms with Crippen LogP contribution in [0.5, 0.6) is 0 Å². The van der Waals surface area contributed by atoms with E-state index in [1.807, 2.05) is 32.2 Å². The van der Waals surface area contributed by atoms with Gasteiger partial charge in [0.25, 0.3) is 0 Å². The molecule has 6 nitrogen and oxygen atoms in total. The lowest BCUT2D eigenvalue weighted by molar-refractivity contribution is -0.156. The maximum Gasteiger partial charge on any atom is 0.328 e. The maximum absolute atomic E-state index is 13.5. The minimum atomic E-state index is -0.562. The van der Waals surface area contributed by atoms with Crippen molar-refractivity contribution in [2.75, 3.05) is 19.1 Å². The smallest absolute Gasteiger partial charge is 0.328 e. The van der Waals surface area contributed by atoms with E-state index in [1.165, 1.54) is 23.8 Å².